The van der Waals surface area contributed by atoms with Crippen molar-refractivity contribution in [2.24, 2.45) is 58.4 Å². The Kier molecular flexibility index (Phi) is 43.0. The van der Waals surface area contributed by atoms with E-state index < -0.39 is 132 Å². The Labute approximate surface area is 738 Å². The summed E-state index contributed by atoms with van der Waals surface area (Å²) in [5, 5.41) is 10.9. The Balaban J connectivity index is 0.000000336. The van der Waals surface area contributed by atoms with Crippen molar-refractivity contribution in [3.8, 4) is 0 Å². The zero-order valence-electron chi connectivity index (χ0n) is 76.6. The molecule has 694 valence electrons. The lowest BCUT2D eigenvalue weighted by atomic mass is 9.85. The number of amides is 6. The molecule has 3 unspecified atom stereocenters. The third-order valence-electron chi connectivity index (χ3n) is 22.6. The topological polar surface area (TPSA) is 480 Å². The van der Waals surface area contributed by atoms with Crippen molar-refractivity contribution in [3.63, 3.8) is 0 Å². The molecule has 18 atom stereocenters. The minimum Gasteiger partial charge on any atom is -0.492 e. The summed E-state index contributed by atoms with van der Waals surface area (Å²) < 4.78 is 73.5. The Morgan fingerprint density at radius 3 is 1.04 bits per heavy atom. The van der Waals surface area contributed by atoms with Gasteiger partial charge in [-0.25, -0.2) is 14.4 Å². The number of nitrogens with zero attached hydrogens (tertiary/aromatic N) is 1. The molecule has 7 rings (SSSR count). The maximum absolute atomic E-state index is 13.8. The highest BCUT2D eigenvalue weighted by Gasteiger charge is 2.40. The Morgan fingerprint density at radius 2 is 0.730 bits per heavy atom. The molecular formula is C92H131N9O25. The summed E-state index contributed by atoms with van der Waals surface area (Å²) in [7, 11) is 15.2. The number of rotatable bonds is 17. The number of carbonyl (C=O) groups excluding carboxylic acids is 12. The highest BCUT2D eigenvalue weighted by molar-refractivity contribution is 6.25. The minimum atomic E-state index is -0.968. The molecule has 126 heavy (non-hydrogen) atoms. The number of nitrogens with two attached hydrogens (primary N) is 4. The molecular weight excluding hydrogens is 1630 g/mol. The number of Topliss-reactive ketones (excluding diaryl/α,β-unsaturated/α-hetero) is 3. The Morgan fingerprint density at radius 1 is 0.421 bits per heavy atom. The molecule has 4 heterocycles. The fourth-order valence-electron chi connectivity index (χ4n) is 15.9. The molecule has 0 radical (unpaired) electrons. The molecule has 1 fully saturated rings. The third kappa shape index (κ3) is 30.6. The fourth-order valence-corrected chi connectivity index (χ4v) is 15.9. The number of hydrogen-bond donors (Lipinski definition) is 8. The second kappa shape index (κ2) is 51.2. The number of carbonyl (C=O) groups is 12. The average molecular weight is 1760 g/mol. The maximum atomic E-state index is 13.8. The lowest BCUT2D eigenvalue weighted by Gasteiger charge is -2.32. The van der Waals surface area contributed by atoms with Crippen LogP contribution in [0.15, 0.2) is 176 Å². The van der Waals surface area contributed by atoms with Crippen LogP contribution in [0.2, 0.25) is 0 Å². The van der Waals surface area contributed by atoms with Crippen LogP contribution in [0, 0.1) is 35.5 Å². The molecule has 12 N–H and O–H groups in total. The summed E-state index contributed by atoms with van der Waals surface area (Å²) in [6.07, 6.45) is 15.3. The number of primary amides is 3. The summed E-state index contributed by atoms with van der Waals surface area (Å²) in [5.41, 5.74) is 25.4. The predicted octanol–water partition coefficient (Wildman–Crippen LogP) is 7.76. The van der Waals surface area contributed by atoms with Crippen molar-refractivity contribution in [2.75, 3.05) is 97.3 Å². The lowest BCUT2D eigenvalue weighted by molar-refractivity contribution is -0.121. The molecule has 6 bridgehead atoms. The van der Waals surface area contributed by atoms with Crippen LogP contribution in [0.1, 0.15) is 122 Å². The lowest BCUT2D eigenvalue weighted by Crippen LogP contribution is -2.39. The molecule has 0 saturated carbocycles. The average Bonchev–Trinajstić information content (AvgIpc) is 0.977. The molecule has 7 aliphatic rings. The standard InChI is InChI=1S/C33H48N4O8.C30H42N2O9.C29H41N3O8/c1-19-15-23-28(35-11-12-37-13-14-37)25(38)18-24(29(23)39)36-32(40)20(2)9-8-10-26(42-5)31(45-33(34)41)22(4)17-21(3)30(44-7)27(16-19)43-6;1-16-12-20-25(34)21(15-22(33)28(20)40-8)32-29(35)17(2)10-9-11-23(37-5)27(41-30(31)36)19(4)14-18(3)26(39-7)24(13-16)38-6;1-15-11-19-24(30)21(33)14-20(25(19)34)32-28(35)16(2)9-8-10-22(37-5)27(40-29(31)36)18(4)13-17(3)26(39-7)23(12-15)38-6/h8-10,17-19,21,26-27,30-31,35H,11-16H2,1-7H3,(H2,34,41)(H,36,40);9-11,14-16,18,23-24,26-27H,12-13H2,1-8H3,(H2,31,36)(H,32,35);8-10,13-15,17,22-23,26-27H,11-12,30H2,1-7H3,(H2,31,36)(H,32,35)/b10-8-,20-9+,22-17+;11-9-,17-10+,19-14+;10-8-,16-9+,18-13+/t19-,21+,26?,27+,30-,31+;16-,18+,23?,24+,26-,27+;15-,17+,22?,23+,26-,27+/m111/s1. The largest absolute Gasteiger partial charge is 0.492 e. The van der Waals surface area contributed by atoms with Gasteiger partial charge in [-0.15, -0.1) is 0 Å². The van der Waals surface area contributed by atoms with Crippen LogP contribution in [0.4, 0.5) is 14.4 Å². The van der Waals surface area contributed by atoms with Gasteiger partial charge in [-0.1, -0.05) is 114 Å². The van der Waals surface area contributed by atoms with E-state index in [1.54, 1.807) is 114 Å². The normalized spacial score (nSPS) is 32.3. The van der Waals surface area contributed by atoms with Gasteiger partial charge in [-0.3, -0.25) is 48.1 Å². The molecule has 3 aliphatic carbocycles. The van der Waals surface area contributed by atoms with E-state index in [2.05, 4.69) is 26.2 Å². The molecule has 1 saturated heterocycles. The van der Waals surface area contributed by atoms with Gasteiger partial charge < -0.3 is 106 Å². The van der Waals surface area contributed by atoms with Gasteiger partial charge in [0.05, 0.1) is 72.2 Å². The molecule has 6 amide bonds. The maximum Gasteiger partial charge on any atom is 0.405 e. The van der Waals surface area contributed by atoms with Crippen molar-refractivity contribution >= 4 is 70.7 Å². The Bertz CT molecular complexity index is 4470. The first kappa shape index (κ1) is 106. The van der Waals surface area contributed by atoms with E-state index in [0.29, 0.717) is 48.1 Å². The molecule has 0 aromatic heterocycles. The second-order valence-corrected chi connectivity index (χ2v) is 32.4. The third-order valence-corrected chi connectivity index (χ3v) is 22.6. The SMILES string of the molecule is COC1/C=C\C=C(/C)C(=O)NC2=CC(=O)C(N)=C(C[C@@H](C)C[C@H](OC)[C@H](OC)[C@@H](C)/C=C(\C)[C@@H]1OC(N)=O)C2=O.COC1/C=C\C=C(/C)C(=O)NC2=CC(=O)C(NCCN3CC3)=C(C[C@@H](C)C[C@H](OC)[C@H](OC)[C@@H](C)/C=C(\C)[C@@H]1OC(N)=O)C2=O.COC1=C2C[C@@H](C)C[C@H](OC)[C@H](OC)[C@@H](C)/C=C(\C)[C@H](OC(N)=O)C(OC)/C=C\C=C(/C)C(=O)NC(=CC1=O)C2=O. The number of allylic oxidation sites excluding steroid dienone is 12. The van der Waals surface area contributed by atoms with Gasteiger partial charge in [0, 0.05) is 160 Å². The van der Waals surface area contributed by atoms with Crippen LogP contribution in [-0.4, -0.2) is 246 Å². The summed E-state index contributed by atoms with van der Waals surface area (Å²) in [6, 6.07) is 0. The number of hydrogen-bond acceptors (Lipinski definition) is 28. The number of ether oxygens (including phenoxy) is 13. The molecule has 34 heteroatoms. The van der Waals surface area contributed by atoms with Crippen LogP contribution in [0.25, 0.3) is 0 Å². The zero-order chi connectivity index (χ0) is 94.3. The van der Waals surface area contributed by atoms with E-state index in [1.165, 1.54) is 52.7 Å². The van der Waals surface area contributed by atoms with E-state index in [4.69, 9.17) is 84.5 Å². The summed E-state index contributed by atoms with van der Waals surface area (Å²) >= 11 is 0. The molecule has 0 aromatic rings. The van der Waals surface area contributed by atoms with Gasteiger partial charge in [0.1, 0.15) is 18.3 Å². The van der Waals surface area contributed by atoms with Crippen molar-refractivity contribution in [3.05, 3.63) is 176 Å². The van der Waals surface area contributed by atoms with Gasteiger partial charge in [0.25, 0.3) is 17.7 Å². The van der Waals surface area contributed by atoms with Crippen LogP contribution in [0.3, 0.4) is 0 Å². The number of nitrogens with one attached hydrogen (secondary N) is 4. The first-order chi connectivity index (χ1) is 59.6. The first-order valence-electron chi connectivity index (χ1n) is 41.7. The van der Waals surface area contributed by atoms with Crippen LogP contribution < -0.4 is 44.2 Å². The smallest absolute Gasteiger partial charge is 0.405 e. The van der Waals surface area contributed by atoms with Crippen molar-refractivity contribution < 1.29 is 119 Å². The number of methoxy groups -OCH3 is 10. The number of ketones is 6. The van der Waals surface area contributed by atoms with Gasteiger partial charge in [0.15, 0.2) is 24.1 Å². The van der Waals surface area contributed by atoms with E-state index in [9.17, 15) is 57.5 Å². The summed E-state index contributed by atoms with van der Waals surface area (Å²) in [5.74, 6) is -5.52. The van der Waals surface area contributed by atoms with E-state index >= 15 is 0 Å². The van der Waals surface area contributed by atoms with Gasteiger partial charge in [0.2, 0.25) is 34.7 Å². The first-order valence-corrected chi connectivity index (χ1v) is 41.7. The highest BCUT2D eigenvalue weighted by Crippen LogP contribution is 2.35. The van der Waals surface area contributed by atoms with Gasteiger partial charge >= 0.3 is 18.3 Å². The van der Waals surface area contributed by atoms with Crippen molar-refractivity contribution in [2.45, 2.75) is 195 Å². The predicted molar refractivity (Wildman–Crippen MR) is 469 cm³/mol. The number of fused-ring (bicyclic) bond motifs is 6. The quantitative estimate of drug-likeness (QED) is 0.0298. The van der Waals surface area contributed by atoms with Crippen molar-refractivity contribution in [1.82, 2.24) is 26.2 Å². The van der Waals surface area contributed by atoms with E-state index in [-0.39, 0.29) is 129 Å². The minimum absolute atomic E-state index is 0.0452. The highest BCUT2D eigenvalue weighted by atomic mass is 16.6. The van der Waals surface area contributed by atoms with E-state index in [1.807, 2.05) is 66.7 Å². The van der Waals surface area contributed by atoms with Crippen molar-refractivity contribution in [1.29, 1.82) is 0 Å². The molecule has 0 aromatic carbocycles. The zero-order valence-corrected chi connectivity index (χ0v) is 76.6. The van der Waals surface area contributed by atoms with Gasteiger partial charge in [-0.05, 0) is 115 Å². The second-order valence-electron chi connectivity index (χ2n) is 32.4. The van der Waals surface area contributed by atoms with Gasteiger partial charge in [-0.2, -0.15) is 0 Å². The summed E-state index contributed by atoms with van der Waals surface area (Å²) in [4.78, 5) is 156. The Hall–Kier alpha value is -10.7. The molecule has 0 spiro atoms. The van der Waals surface area contributed by atoms with E-state index in [0.717, 1.165) is 31.8 Å². The monoisotopic (exact) mass is 1760 g/mol. The molecule has 4 aliphatic heterocycles. The fraction of sp³-hybridized carbons (Fsp3) is 0.543. The van der Waals surface area contributed by atoms with Crippen LogP contribution >= 0.6 is 0 Å². The summed E-state index contributed by atoms with van der Waals surface area (Å²) in [6.45, 7) is 25.1. The molecule has 34 nitrogen and oxygen atoms in total. The van der Waals surface area contributed by atoms with Crippen LogP contribution in [-0.2, 0) is 105 Å². The van der Waals surface area contributed by atoms with Crippen LogP contribution in [0.5, 0.6) is 0 Å².